The van der Waals surface area contributed by atoms with Crippen molar-refractivity contribution in [3.8, 4) is 0 Å². The van der Waals surface area contributed by atoms with Crippen molar-refractivity contribution < 1.29 is 0 Å². The molecule has 1 aliphatic heterocycles. The molecule has 4 rings (SSSR count). The molecule has 0 atom stereocenters. The van der Waals surface area contributed by atoms with E-state index in [9.17, 15) is 0 Å². The zero-order valence-corrected chi connectivity index (χ0v) is 16.8. The van der Waals surface area contributed by atoms with Gasteiger partial charge in [-0.1, -0.05) is 23.7 Å². The highest BCUT2D eigenvalue weighted by atomic mass is 35.5. The lowest BCUT2D eigenvalue weighted by Crippen LogP contribution is -2.47. The Morgan fingerprint density at radius 2 is 1.64 bits per heavy atom. The number of rotatable bonds is 4. The van der Waals surface area contributed by atoms with E-state index in [1.807, 2.05) is 44.3 Å². The maximum atomic E-state index is 6.41. The van der Waals surface area contributed by atoms with Gasteiger partial charge >= 0.3 is 0 Å². The summed E-state index contributed by atoms with van der Waals surface area (Å²) in [6.07, 6.45) is 3.62. The van der Waals surface area contributed by atoms with Gasteiger partial charge in [-0.2, -0.15) is 4.98 Å². The van der Waals surface area contributed by atoms with Crippen LogP contribution in [0, 0.1) is 13.8 Å². The van der Waals surface area contributed by atoms with E-state index in [0.29, 0.717) is 11.0 Å². The second-order valence-electron chi connectivity index (χ2n) is 6.96. The lowest BCUT2D eigenvalue weighted by Gasteiger charge is -2.36. The van der Waals surface area contributed by atoms with Crippen molar-refractivity contribution in [2.45, 2.75) is 13.8 Å². The standard InChI is InChI=1S/C21H23ClN6/c1-15-13-16(2)20(17(22)14-15)26-21-24-8-6-19(25-21)28-11-9-27(10-12-28)18-5-3-4-7-23-18/h3-8,13-14H,9-12H2,1-2H3,(H,24,25,26). The average Bonchev–Trinajstić information content (AvgIpc) is 2.72. The fraction of sp³-hybridized carbons (Fsp3) is 0.286. The van der Waals surface area contributed by atoms with Crippen LogP contribution in [0.4, 0.5) is 23.3 Å². The van der Waals surface area contributed by atoms with Crippen molar-refractivity contribution in [3.63, 3.8) is 0 Å². The molecule has 1 fully saturated rings. The predicted octanol–water partition coefficient (Wildman–Crippen LogP) is 4.21. The Balaban J connectivity index is 1.46. The zero-order chi connectivity index (χ0) is 19.5. The summed E-state index contributed by atoms with van der Waals surface area (Å²) in [6.45, 7) is 7.65. The van der Waals surface area contributed by atoms with Gasteiger partial charge in [0.2, 0.25) is 5.95 Å². The molecule has 0 saturated carbocycles. The van der Waals surface area contributed by atoms with Crippen LogP contribution in [0.5, 0.6) is 0 Å². The topological polar surface area (TPSA) is 57.2 Å². The normalized spacial score (nSPS) is 14.2. The minimum atomic E-state index is 0.554. The number of nitrogens with zero attached hydrogens (tertiary/aromatic N) is 5. The lowest BCUT2D eigenvalue weighted by molar-refractivity contribution is 0.641. The maximum absolute atomic E-state index is 6.41. The van der Waals surface area contributed by atoms with Crippen molar-refractivity contribution in [3.05, 3.63) is 64.9 Å². The van der Waals surface area contributed by atoms with Gasteiger partial charge in [-0.3, -0.25) is 0 Å². The molecule has 3 heterocycles. The third-order valence-electron chi connectivity index (χ3n) is 4.89. The summed E-state index contributed by atoms with van der Waals surface area (Å²) < 4.78 is 0. The van der Waals surface area contributed by atoms with Gasteiger partial charge in [-0.25, -0.2) is 9.97 Å². The van der Waals surface area contributed by atoms with Crippen LogP contribution in [0.25, 0.3) is 0 Å². The van der Waals surface area contributed by atoms with Gasteiger partial charge in [-0.15, -0.1) is 0 Å². The first-order chi connectivity index (χ1) is 13.6. The van der Waals surface area contributed by atoms with Crippen LogP contribution in [0.3, 0.4) is 0 Å². The molecule has 7 heteroatoms. The summed E-state index contributed by atoms with van der Waals surface area (Å²) in [4.78, 5) is 18.1. The molecule has 1 saturated heterocycles. The van der Waals surface area contributed by atoms with E-state index >= 15 is 0 Å². The van der Waals surface area contributed by atoms with E-state index in [-0.39, 0.29) is 0 Å². The van der Waals surface area contributed by atoms with E-state index in [1.54, 1.807) is 6.20 Å². The van der Waals surface area contributed by atoms with Gasteiger partial charge < -0.3 is 15.1 Å². The molecule has 2 aromatic heterocycles. The van der Waals surface area contributed by atoms with E-state index in [4.69, 9.17) is 16.6 Å². The van der Waals surface area contributed by atoms with Gasteiger partial charge in [0.1, 0.15) is 11.6 Å². The SMILES string of the molecule is Cc1cc(C)c(Nc2nccc(N3CCN(c4ccccn4)CC3)n2)c(Cl)c1. The Labute approximate surface area is 170 Å². The van der Waals surface area contributed by atoms with Gasteiger partial charge in [0.25, 0.3) is 0 Å². The number of anilines is 4. The molecule has 0 bridgehead atoms. The Kier molecular flexibility index (Phi) is 5.30. The Morgan fingerprint density at radius 3 is 2.32 bits per heavy atom. The van der Waals surface area contributed by atoms with Crippen LogP contribution >= 0.6 is 11.6 Å². The Hall–Kier alpha value is -2.86. The summed E-state index contributed by atoms with van der Waals surface area (Å²) in [5, 5.41) is 3.96. The highest BCUT2D eigenvalue weighted by Crippen LogP contribution is 2.29. The minimum Gasteiger partial charge on any atom is -0.353 e. The molecule has 144 valence electrons. The predicted molar refractivity (Wildman–Crippen MR) is 115 cm³/mol. The molecule has 3 aromatic rings. The molecule has 1 aliphatic rings. The number of pyridine rings is 1. The molecular weight excluding hydrogens is 372 g/mol. The first-order valence-electron chi connectivity index (χ1n) is 9.38. The monoisotopic (exact) mass is 394 g/mol. The van der Waals surface area contributed by atoms with Crippen molar-refractivity contribution >= 4 is 34.9 Å². The van der Waals surface area contributed by atoms with Gasteiger partial charge in [0, 0.05) is 38.6 Å². The maximum Gasteiger partial charge on any atom is 0.229 e. The van der Waals surface area contributed by atoms with Crippen LogP contribution in [0.1, 0.15) is 11.1 Å². The van der Waals surface area contributed by atoms with E-state index in [1.165, 1.54) is 0 Å². The summed E-state index contributed by atoms with van der Waals surface area (Å²) in [5.41, 5.74) is 3.06. The number of nitrogens with one attached hydrogen (secondary N) is 1. The fourth-order valence-corrected chi connectivity index (χ4v) is 3.85. The first kappa shape index (κ1) is 18.5. The highest BCUT2D eigenvalue weighted by molar-refractivity contribution is 6.33. The number of benzene rings is 1. The van der Waals surface area contributed by atoms with Crippen LogP contribution in [0.2, 0.25) is 5.02 Å². The quantitative estimate of drug-likeness (QED) is 0.715. The molecule has 0 amide bonds. The van der Waals surface area contributed by atoms with Crippen molar-refractivity contribution in [2.24, 2.45) is 0 Å². The largest absolute Gasteiger partial charge is 0.353 e. The van der Waals surface area contributed by atoms with E-state index in [2.05, 4.69) is 37.2 Å². The van der Waals surface area contributed by atoms with Crippen molar-refractivity contribution in [1.29, 1.82) is 0 Å². The van der Waals surface area contributed by atoms with Crippen LogP contribution in [-0.4, -0.2) is 41.1 Å². The van der Waals surface area contributed by atoms with E-state index in [0.717, 1.165) is 54.6 Å². The summed E-state index contributed by atoms with van der Waals surface area (Å²) in [7, 11) is 0. The zero-order valence-electron chi connectivity index (χ0n) is 16.1. The molecule has 0 spiro atoms. The number of aryl methyl sites for hydroxylation is 2. The minimum absolute atomic E-state index is 0.554. The molecule has 6 nitrogen and oxygen atoms in total. The smallest absolute Gasteiger partial charge is 0.229 e. The first-order valence-corrected chi connectivity index (χ1v) is 9.76. The molecule has 0 radical (unpaired) electrons. The number of halogens is 1. The van der Waals surface area contributed by atoms with Gasteiger partial charge in [-0.05, 0) is 49.2 Å². The Morgan fingerprint density at radius 1 is 0.893 bits per heavy atom. The van der Waals surface area contributed by atoms with Crippen molar-refractivity contribution in [2.75, 3.05) is 41.3 Å². The van der Waals surface area contributed by atoms with Crippen LogP contribution in [-0.2, 0) is 0 Å². The lowest BCUT2D eigenvalue weighted by atomic mass is 10.1. The van der Waals surface area contributed by atoms with Crippen molar-refractivity contribution in [1.82, 2.24) is 15.0 Å². The van der Waals surface area contributed by atoms with Crippen LogP contribution < -0.4 is 15.1 Å². The molecule has 28 heavy (non-hydrogen) atoms. The number of hydrogen-bond acceptors (Lipinski definition) is 6. The second-order valence-corrected chi connectivity index (χ2v) is 7.37. The second kappa shape index (κ2) is 8.02. The third kappa shape index (κ3) is 4.02. The van der Waals surface area contributed by atoms with Gasteiger partial charge in [0.15, 0.2) is 0 Å². The molecule has 0 aliphatic carbocycles. The Bertz CT molecular complexity index is 931. The van der Waals surface area contributed by atoms with Crippen LogP contribution in [0.15, 0.2) is 48.8 Å². The third-order valence-corrected chi connectivity index (χ3v) is 5.18. The molecule has 1 aromatic carbocycles. The van der Waals surface area contributed by atoms with Gasteiger partial charge in [0.05, 0.1) is 10.7 Å². The molecule has 0 unspecified atom stereocenters. The summed E-state index contributed by atoms with van der Waals surface area (Å²) >= 11 is 6.41. The highest BCUT2D eigenvalue weighted by Gasteiger charge is 2.19. The number of hydrogen-bond donors (Lipinski definition) is 1. The fourth-order valence-electron chi connectivity index (χ4n) is 3.48. The molecular formula is C21H23ClN6. The average molecular weight is 395 g/mol. The van der Waals surface area contributed by atoms with E-state index < -0.39 is 0 Å². The molecule has 1 N–H and O–H groups in total. The number of piperazine rings is 1. The summed E-state index contributed by atoms with van der Waals surface area (Å²) in [5.74, 6) is 2.49. The summed E-state index contributed by atoms with van der Waals surface area (Å²) in [6, 6.07) is 12.0. The number of aromatic nitrogens is 3.